The third-order valence-corrected chi connectivity index (χ3v) is 9.51. The highest BCUT2D eigenvalue weighted by atomic mass is 32.1. The van der Waals surface area contributed by atoms with Gasteiger partial charge in [-0.05, 0) is 12.2 Å². The molecule has 0 aliphatic carbocycles. The van der Waals surface area contributed by atoms with Crippen LogP contribution < -0.4 is 0 Å². The van der Waals surface area contributed by atoms with Crippen LogP contribution in [0.2, 0.25) is 0 Å². The molecule has 2 aliphatic rings. The van der Waals surface area contributed by atoms with Gasteiger partial charge in [0, 0.05) is 45.4 Å². The second-order valence-electron chi connectivity index (χ2n) is 7.15. The van der Waals surface area contributed by atoms with Crippen molar-refractivity contribution in [3.05, 3.63) is 0 Å². The quantitative estimate of drug-likeness (QED) is 0.555. The van der Waals surface area contributed by atoms with Crippen molar-refractivity contribution >= 4 is 24.7 Å². The highest BCUT2D eigenvalue weighted by Gasteiger charge is 2.45. The Kier molecular flexibility index (Phi) is 6.62. The van der Waals surface area contributed by atoms with Crippen molar-refractivity contribution < 1.29 is 9.47 Å². The summed E-state index contributed by atoms with van der Waals surface area (Å²) < 4.78 is 21.5. The molecule has 0 aromatic carbocycles. The predicted molar refractivity (Wildman–Crippen MR) is 100 cm³/mol. The molecule has 23 heavy (non-hydrogen) atoms. The van der Waals surface area contributed by atoms with Crippen LogP contribution in [0.5, 0.6) is 0 Å². The Hall–Kier alpha value is -0.0400. The van der Waals surface area contributed by atoms with E-state index in [1.807, 2.05) is 19.0 Å². The minimum atomic E-state index is -1.99. The second kappa shape index (κ2) is 7.89. The van der Waals surface area contributed by atoms with Crippen LogP contribution in [0.15, 0.2) is 4.74 Å². The third-order valence-electron chi connectivity index (χ3n) is 4.27. The van der Waals surface area contributed by atoms with Crippen LogP contribution in [0.1, 0.15) is 20.8 Å². The molecular weight excluding hydrogens is 331 g/mol. The van der Waals surface area contributed by atoms with Crippen molar-refractivity contribution in [3.8, 4) is 0 Å². The Bertz CT molecular complexity index is 445. The van der Waals surface area contributed by atoms with Crippen molar-refractivity contribution in [1.29, 1.82) is 0 Å². The molecule has 0 radical (unpaired) electrons. The third kappa shape index (κ3) is 4.14. The minimum Gasteiger partial charge on any atom is -0.379 e. The van der Waals surface area contributed by atoms with Gasteiger partial charge >= 0.3 is 0 Å². The molecule has 134 valence electrons. The lowest BCUT2D eigenvalue weighted by atomic mass is 10.3. The summed E-state index contributed by atoms with van der Waals surface area (Å²) in [6.45, 7) is 13.7. The monoisotopic (exact) mass is 362 g/mol. The van der Waals surface area contributed by atoms with Gasteiger partial charge in [-0.2, -0.15) is 0 Å². The number of morpholine rings is 2. The first kappa shape index (κ1) is 19.3. The Labute approximate surface area is 146 Å². The van der Waals surface area contributed by atoms with Crippen LogP contribution in [0.3, 0.4) is 0 Å². The molecule has 0 aromatic rings. The van der Waals surface area contributed by atoms with Crippen LogP contribution in [0.4, 0.5) is 0 Å². The fraction of sp³-hybridized carbons (Fsp3) is 0.933. The summed E-state index contributed by atoms with van der Waals surface area (Å²) in [7, 11) is 1.96. The highest BCUT2D eigenvalue weighted by molar-refractivity contribution is 7.81. The molecule has 2 fully saturated rings. The predicted octanol–water partition coefficient (Wildman–Crippen LogP) is 2.33. The lowest BCUT2D eigenvalue weighted by Gasteiger charge is -2.52. The van der Waals surface area contributed by atoms with E-state index in [4.69, 9.17) is 26.4 Å². The summed E-state index contributed by atoms with van der Waals surface area (Å²) in [6.07, 6.45) is 0. The van der Waals surface area contributed by atoms with Crippen molar-refractivity contribution in [1.82, 2.24) is 14.2 Å². The maximum Gasteiger partial charge on any atom is 0.195 e. The van der Waals surface area contributed by atoms with Gasteiger partial charge in [0.2, 0.25) is 0 Å². The smallest absolute Gasteiger partial charge is 0.195 e. The van der Waals surface area contributed by atoms with Gasteiger partial charge < -0.3 is 14.4 Å². The number of rotatable bonds is 2. The van der Waals surface area contributed by atoms with E-state index in [2.05, 4.69) is 30.1 Å². The lowest BCUT2D eigenvalue weighted by Crippen LogP contribution is -2.48. The highest BCUT2D eigenvalue weighted by Crippen LogP contribution is 2.66. The van der Waals surface area contributed by atoms with E-state index < -0.39 is 7.36 Å². The summed E-state index contributed by atoms with van der Waals surface area (Å²) in [5.74, 6) is 0. The number of ether oxygens (including phenoxy) is 2. The normalized spacial score (nSPS) is 22.0. The Balaban J connectivity index is 2.54. The maximum absolute atomic E-state index is 5.60. The minimum absolute atomic E-state index is 0.0156. The summed E-state index contributed by atoms with van der Waals surface area (Å²) in [4.78, 5) is 1.94. The zero-order valence-electron chi connectivity index (χ0n) is 15.1. The Morgan fingerprint density at radius 2 is 1.35 bits per heavy atom. The first-order valence-corrected chi connectivity index (χ1v) is 10.3. The lowest BCUT2D eigenvalue weighted by molar-refractivity contribution is 0.0550. The first-order chi connectivity index (χ1) is 10.8. The van der Waals surface area contributed by atoms with Crippen LogP contribution in [-0.2, 0) is 9.47 Å². The average molecular weight is 362 g/mol. The van der Waals surface area contributed by atoms with Crippen LogP contribution >= 0.6 is 19.6 Å². The Morgan fingerprint density at radius 1 is 0.957 bits per heavy atom. The van der Waals surface area contributed by atoms with Crippen molar-refractivity contribution in [2.24, 2.45) is 4.74 Å². The molecule has 8 heteroatoms. The molecule has 0 amide bonds. The molecule has 0 atom stereocenters. The summed E-state index contributed by atoms with van der Waals surface area (Å²) >= 11 is 5.60. The molecule has 2 rings (SSSR count). The molecule has 0 bridgehead atoms. The average Bonchev–Trinajstić information content (AvgIpc) is 2.52. The Morgan fingerprint density at radius 3 is 1.65 bits per heavy atom. The van der Waals surface area contributed by atoms with Gasteiger partial charge in [0.1, 0.15) is 7.36 Å². The zero-order valence-corrected chi connectivity index (χ0v) is 16.8. The largest absolute Gasteiger partial charge is 0.379 e. The number of nitrogens with zero attached hydrogens (tertiary/aromatic N) is 4. The topological polar surface area (TPSA) is 40.5 Å². The van der Waals surface area contributed by atoms with E-state index >= 15 is 0 Å². The second-order valence-corrected chi connectivity index (χ2v) is 11.3. The van der Waals surface area contributed by atoms with Crippen molar-refractivity contribution in [2.45, 2.75) is 25.9 Å². The molecule has 0 unspecified atom stereocenters. The van der Waals surface area contributed by atoms with Gasteiger partial charge in [-0.15, -0.1) is 0 Å². The van der Waals surface area contributed by atoms with Gasteiger partial charge in [0.25, 0.3) is 0 Å². The molecule has 0 N–H and O–H groups in total. The van der Waals surface area contributed by atoms with E-state index in [9.17, 15) is 0 Å². The van der Waals surface area contributed by atoms with Gasteiger partial charge in [0.15, 0.2) is 5.11 Å². The van der Waals surface area contributed by atoms with Crippen LogP contribution in [0.25, 0.3) is 0 Å². The molecule has 2 saturated heterocycles. The summed E-state index contributed by atoms with van der Waals surface area (Å²) in [5, 5.41) is 0.702. The first-order valence-electron chi connectivity index (χ1n) is 8.29. The number of hydrogen-bond donors (Lipinski definition) is 0. The van der Waals surface area contributed by atoms with Crippen molar-refractivity contribution in [3.63, 3.8) is 0 Å². The molecular formula is C15H31N4O2PS. The molecule has 2 aliphatic heterocycles. The van der Waals surface area contributed by atoms with E-state index in [1.54, 1.807) is 0 Å². The zero-order chi connectivity index (χ0) is 17.1. The molecule has 0 aromatic heterocycles. The molecule has 2 heterocycles. The van der Waals surface area contributed by atoms with E-state index in [-0.39, 0.29) is 5.16 Å². The van der Waals surface area contributed by atoms with Crippen LogP contribution in [-0.4, -0.2) is 91.2 Å². The number of thiocarbonyl (C=S) groups is 1. The molecule has 0 saturated carbocycles. The molecule has 0 spiro atoms. The summed E-state index contributed by atoms with van der Waals surface area (Å²) in [6, 6.07) is 0. The number of hydrogen-bond acceptors (Lipinski definition) is 3. The van der Waals surface area contributed by atoms with Crippen LogP contribution in [0, 0.1) is 0 Å². The fourth-order valence-corrected chi connectivity index (χ4v) is 7.99. The standard InChI is InChI=1S/C15H31N4O2PS/c1-15(2,3)22(16-14(23)17(4)5,18-6-10-20-11-7-18)19-8-12-21-13-9-19/h6-13H2,1-5H3. The SMILES string of the molecule is CN(C)C(=S)N=P(N1CCOCC1)(N1CCOCC1)C(C)(C)C. The van der Waals surface area contributed by atoms with Gasteiger partial charge in [-0.3, -0.25) is 9.34 Å². The van der Waals surface area contributed by atoms with Gasteiger partial charge in [0.05, 0.1) is 26.4 Å². The maximum atomic E-state index is 5.60. The van der Waals surface area contributed by atoms with Gasteiger partial charge in [-0.25, -0.2) is 4.74 Å². The summed E-state index contributed by atoms with van der Waals surface area (Å²) in [5.41, 5.74) is 0. The van der Waals surface area contributed by atoms with E-state index in [1.165, 1.54) is 0 Å². The fourth-order valence-electron chi connectivity index (χ4n) is 3.18. The van der Waals surface area contributed by atoms with Crippen molar-refractivity contribution in [2.75, 3.05) is 66.7 Å². The van der Waals surface area contributed by atoms with E-state index in [0.29, 0.717) is 5.11 Å². The van der Waals surface area contributed by atoms with E-state index in [0.717, 1.165) is 52.6 Å². The molecule has 6 nitrogen and oxygen atoms in total. The van der Waals surface area contributed by atoms with Gasteiger partial charge in [-0.1, -0.05) is 20.8 Å².